The van der Waals surface area contributed by atoms with Gasteiger partial charge in [0.05, 0.1) is 25.3 Å². The molecule has 0 aliphatic carbocycles. The number of hydrogen-bond acceptors (Lipinski definition) is 6. The van der Waals surface area contributed by atoms with Crippen LogP contribution in [0.1, 0.15) is 43.7 Å². The Bertz CT molecular complexity index is 1300. The number of aliphatic carboxylic acids is 1. The first-order valence-corrected chi connectivity index (χ1v) is 12.9. The Balaban J connectivity index is 1.45. The molecule has 0 atom stereocenters. The van der Waals surface area contributed by atoms with Crippen molar-refractivity contribution in [3.05, 3.63) is 77.2 Å². The number of hydrogen-bond donors (Lipinski definition) is 1. The summed E-state index contributed by atoms with van der Waals surface area (Å²) in [6.45, 7) is 7.34. The molecule has 3 aromatic rings. The van der Waals surface area contributed by atoms with Gasteiger partial charge in [-0.1, -0.05) is 49.8 Å². The van der Waals surface area contributed by atoms with Gasteiger partial charge < -0.3 is 23.9 Å². The average molecular weight is 519 g/mol. The Morgan fingerprint density at radius 2 is 1.87 bits per heavy atom. The van der Waals surface area contributed by atoms with Gasteiger partial charge in [0.2, 0.25) is 5.89 Å². The van der Waals surface area contributed by atoms with Crippen LogP contribution in [-0.2, 0) is 16.0 Å². The standard InChI is InChI=1S/C30H34N2O6/c1-20(2)19-37-30(35)32-14-12-24(17-28(33)34)26(18-32)23-10-7-11-25(16-23)36-15-13-27-21(3)38-29(31-27)22-8-5-4-6-9-22/h4-11,16,20H,12-15,17-19H2,1-3H3,(H,33,34). The molecule has 1 N–H and O–H groups in total. The fourth-order valence-electron chi connectivity index (χ4n) is 4.36. The van der Waals surface area contributed by atoms with Crippen molar-refractivity contribution in [3.8, 4) is 17.2 Å². The molecule has 0 fully saturated rings. The van der Waals surface area contributed by atoms with E-state index in [1.54, 1.807) is 4.90 Å². The van der Waals surface area contributed by atoms with Gasteiger partial charge in [0, 0.05) is 25.1 Å². The molecule has 38 heavy (non-hydrogen) atoms. The minimum Gasteiger partial charge on any atom is -0.493 e. The van der Waals surface area contributed by atoms with Crippen LogP contribution in [0.15, 0.2) is 64.6 Å². The first-order valence-electron chi connectivity index (χ1n) is 12.9. The Hall–Kier alpha value is -4.07. The number of ether oxygens (including phenoxy) is 2. The van der Waals surface area contributed by atoms with E-state index in [4.69, 9.17) is 13.9 Å². The van der Waals surface area contributed by atoms with E-state index in [1.165, 1.54) is 0 Å². The van der Waals surface area contributed by atoms with Gasteiger partial charge in [0.15, 0.2) is 0 Å². The quantitative estimate of drug-likeness (QED) is 0.351. The maximum absolute atomic E-state index is 12.6. The number of carboxylic acid groups (broad SMARTS) is 1. The molecule has 2 aromatic carbocycles. The summed E-state index contributed by atoms with van der Waals surface area (Å²) >= 11 is 0. The molecule has 4 rings (SSSR count). The van der Waals surface area contributed by atoms with Crippen LogP contribution in [0.4, 0.5) is 4.79 Å². The molecule has 8 heteroatoms. The third kappa shape index (κ3) is 7.03. The molecule has 1 aliphatic heterocycles. The molecule has 0 bridgehead atoms. The summed E-state index contributed by atoms with van der Waals surface area (Å²) in [7, 11) is 0. The van der Waals surface area contributed by atoms with E-state index in [1.807, 2.05) is 75.4 Å². The number of benzene rings is 2. The molecule has 8 nitrogen and oxygen atoms in total. The van der Waals surface area contributed by atoms with E-state index < -0.39 is 5.97 Å². The van der Waals surface area contributed by atoms with Crippen molar-refractivity contribution in [2.75, 3.05) is 26.3 Å². The van der Waals surface area contributed by atoms with Crippen LogP contribution in [0.2, 0.25) is 0 Å². The second-order valence-corrected chi connectivity index (χ2v) is 9.81. The lowest BCUT2D eigenvalue weighted by Crippen LogP contribution is -2.37. The van der Waals surface area contributed by atoms with Crippen LogP contribution in [0, 0.1) is 12.8 Å². The molecular formula is C30H34N2O6. The first-order chi connectivity index (χ1) is 18.3. The predicted octanol–water partition coefficient (Wildman–Crippen LogP) is 6.00. The number of carbonyl (C=O) groups excluding carboxylic acids is 1. The molecule has 0 saturated carbocycles. The Morgan fingerprint density at radius 3 is 2.61 bits per heavy atom. The summed E-state index contributed by atoms with van der Waals surface area (Å²) in [4.78, 5) is 30.4. The summed E-state index contributed by atoms with van der Waals surface area (Å²) in [6.07, 6.45) is 0.619. The Morgan fingerprint density at radius 1 is 1.11 bits per heavy atom. The zero-order chi connectivity index (χ0) is 27.1. The Labute approximate surface area is 222 Å². The number of rotatable bonds is 10. The molecule has 200 valence electrons. The topological polar surface area (TPSA) is 102 Å². The fourth-order valence-corrected chi connectivity index (χ4v) is 4.36. The molecule has 0 spiro atoms. The number of amides is 1. The van der Waals surface area contributed by atoms with Crippen LogP contribution in [0.25, 0.3) is 17.0 Å². The van der Waals surface area contributed by atoms with Gasteiger partial charge >= 0.3 is 12.1 Å². The number of nitrogens with zero attached hydrogens (tertiary/aromatic N) is 2. The van der Waals surface area contributed by atoms with Crippen molar-refractivity contribution in [2.45, 2.75) is 40.0 Å². The second kappa shape index (κ2) is 12.4. The first kappa shape index (κ1) is 27.0. The van der Waals surface area contributed by atoms with E-state index >= 15 is 0 Å². The highest BCUT2D eigenvalue weighted by molar-refractivity contribution is 5.81. The Kier molecular flexibility index (Phi) is 8.84. The minimum atomic E-state index is -0.890. The zero-order valence-electron chi connectivity index (χ0n) is 22.1. The lowest BCUT2D eigenvalue weighted by molar-refractivity contribution is -0.136. The van der Waals surface area contributed by atoms with Gasteiger partial charge in [-0.3, -0.25) is 4.79 Å². The maximum Gasteiger partial charge on any atom is 0.410 e. The summed E-state index contributed by atoms with van der Waals surface area (Å²) in [5.74, 6) is 1.36. The summed E-state index contributed by atoms with van der Waals surface area (Å²) < 4.78 is 17.3. The summed E-state index contributed by atoms with van der Waals surface area (Å²) in [5.41, 5.74) is 4.24. The van der Waals surface area contributed by atoms with Gasteiger partial charge in [0.1, 0.15) is 11.5 Å². The van der Waals surface area contributed by atoms with Crippen LogP contribution in [0.3, 0.4) is 0 Å². The van der Waals surface area contributed by atoms with Crippen molar-refractivity contribution in [1.82, 2.24) is 9.88 Å². The summed E-state index contributed by atoms with van der Waals surface area (Å²) in [5, 5.41) is 9.45. The molecule has 0 saturated heterocycles. The predicted molar refractivity (Wildman–Crippen MR) is 144 cm³/mol. The van der Waals surface area contributed by atoms with Crippen LogP contribution in [0.5, 0.6) is 5.75 Å². The van der Waals surface area contributed by atoms with Gasteiger partial charge in [0.25, 0.3) is 0 Å². The second-order valence-electron chi connectivity index (χ2n) is 9.81. The highest BCUT2D eigenvalue weighted by atomic mass is 16.6. The lowest BCUT2D eigenvalue weighted by atomic mass is 9.92. The third-order valence-corrected chi connectivity index (χ3v) is 6.33. The lowest BCUT2D eigenvalue weighted by Gasteiger charge is -2.30. The van der Waals surface area contributed by atoms with Crippen molar-refractivity contribution < 1.29 is 28.6 Å². The van der Waals surface area contributed by atoms with Crippen molar-refractivity contribution >= 4 is 17.6 Å². The zero-order valence-corrected chi connectivity index (χ0v) is 22.1. The molecular weight excluding hydrogens is 484 g/mol. The average Bonchev–Trinajstić information content (AvgIpc) is 3.28. The van der Waals surface area contributed by atoms with Crippen LogP contribution < -0.4 is 4.74 Å². The van der Waals surface area contributed by atoms with Gasteiger partial charge in [-0.25, -0.2) is 9.78 Å². The van der Waals surface area contributed by atoms with E-state index in [2.05, 4.69) is 4.98 Å². The number of oxazole rings is 1. The van der Waals surface area contributed by atoms with Crippen LogP contribution >= 0.6 is 0 Å². The smallest absolute Gasteiger partial charge is 0.410 e. The third-order valence-electron chi connectivity index (χ3n) is 6.33. The number of aryl methyl sites for hydroxylation is 1. The van der Waals surface area contributed by atoms with Crippen molar-refractivity contribution in [2.24, 2.45) is 5.92 Å². The van der Waals surface area contributed by atoms with Crippen molar-refractivity contribution in [1.29, 1.82) is 0 Å². The maximum atomic E-state index is 12.6. The molecule has 1 amide bonds. The number of carbonyl (C=O) groups is 2. The molecule has 0 unspecified atom stereocenters. The van der Waals surface area contributed by atoms with Crippen molar-refractivity contribution in [3.63, 3.8) is 0 Å². The summed E-state index contributed by atoms with van der Waals surface area (Å²) in [6, 6.07) is 17.3. The monoisotopic (exact) mass is 518 g/mol. The van der Waals surface area contributed by atoms with E-state index in [-0.39, 0.29) is 18.4 Å². The number of aromatic nitrogens is 1. The highest BCUT2D eigenvalue weighted by Crippen LogP contribution is 2.31. The van der Waals surface area contributed by atoms with E-state index in [0.29, 0.717) is 50.8 Å². The molecule has 1 aliphatic rings. The SMILES string of the molecule is Cc1oc(-c2ccccc2)nc1CCOc1cccc(C2=C(CC(=O)O)CCN(C(=O)OCC(C)C)C2)c1. The van der Waals surface area contributed by atoms with E-state index in [0.717, 1.165) is 33.7 Å². The minimum absolute atomic E-state index is 0.0650. The van der Waals surface area contributed by atoms with Crippen LogP contribution in [-0.4, -0.2) is 53.4 Å². The van der Waals surface area contributed by atoms with E-state index in [9.17, 15) is 14.7 Å². The fraction of sp³-hybridized carbons (Fsp3) is 0.367. The molecule has 2 heterocycles. The normalized spacial score (nSPS) is 13.6. The van der Waals surface area contributed by atoms with Gasteiger partial charge in [-0.2, -0.15) is 0 Å². The van der Waals surface area contributed by atoms with Gasteiger partial charge in [-0.05, 0) is 54.7 Å². The largest absolute Gasteiger partial charge is 0.493 e. The highest BCUT2D eigenvalue weighted by Gasteiger charge is 2.26. The number of carboxylic acids is 1. The molecule has 1 aromatic heterocycles. The molecule has 0 radical (unpaired) electrons. The van der Waals surface area contributed by atoms with Gasteiger partial charge in [-0.15, -0.1) is 0 Å².